The monoisotopic (exact) mass is 469 g/mol. The maximum atomic E-state index is 12.9. The van der Waals surface area contributed by atoms with Gasteiger partial charge in [-0.2, -0.15) is 0 Å². The minimum Gasteiger partial charge on any atom is -0.508 e. The number of aromatic carboxylic acids is 1. The number of aromatic nitrogens is 1. The molecule has 0 bridgehead atoms. The molecule has 1 heterocycles. The third kappa shape index (κ3) is 6.02. The molecule has 35 heavy (non-hydrogen) atoms. The molecule has 0 saturated heterocycles. The predicted molar refractivity (Wildman–Crippen MR) is 135 cm³/mol. The molecule has 0 spiro atoms. The standard InChI is InChI=1S/C28H27N3O4/c29-17-21(14-19-8-11-22(32)12-9-19)30-27(33)26-16-24(28(34)35)23-15-20(10-13-25(23)31-26)7-6-18-4-2-1-3-5-18/h1-5,8-13,15-16,21,32H,6-7,14,17,29H2,(H,30,33)(H,34,35)/t21-/m0/s1. The number of hydrogen-bond donors (Lipinski definition) is 4. The third-order valence-electron chi connectivity index (χ3n) is 5.92. The van der Waals surface area contributed by atoms with Gasteiger partial charge in [0, 0.05) is 18.0 Å². The van der Waals surface area contributed by atoms with Crippen LogP contribution in [-0.2, 0) is 19.3 Å². The van der Waals surface area contributed by atoms with Crippen LogP contribution in [0.15, 0.2) is 78.9 Å². The van der Waals surface area contributed by atoms with Crippen LogP contribution in [0.4, 0.5) is 0 Å². The fraction of sp³-hybridized carbons (Fsp3) is 0.179. The van der Waals surface area contributed by atoms with Gasteiger partial charge in [0.15, 0.2) is 0 Å². The highest BCUT2D eigenvalue weighted by Crippen LogP contribution is 2.22. The Hall–Kier alpha value is -4.23. The molecule has 0 aliphatic heterocycles. The van der Waals surface area contributed by atoms with Gasteiger partial charge in [0.2, 0.25) is 0 Å². The number of carboxylic acid groups (broad SMARTS) is 1. The minimum atomic E-state index is -1.12. The van der Waals surface area contributed by atoms with E-state index in [1.54, 1.807) is 30.3 Å². The van der Waals surface area contributed by atoms with Crippen LogP contribution in [-0.4, -0.2) is 39.7 Å². The summed E-state index contributed by atoms with van der Waals surface area (Å²) in [4.78, 5) is 29.4. The first kappa shape index (κ1) is 23.9. The molecule has 0 unspecified atom stereocenters. The molecular formula is C28H27N3O4. The largest absolute Gasteiger partial charge is 0.508 e. The second-order valence-electron chi connectivity index (χ2n) is 8.47. The summed E-state index contributed by atoms with van der Waals surface area (Å²) in [5.74, 6) is -1.45. The lowest BCUT2D eigenvalue weighted by atomic mass is 10.00. The Bertz CT molecular complexity index is 1340. The first-order valence-electron chi connectivity index (χ1n) is 11.4. The summed E-state index contributed by atoms with van der Waals surface area (Å²) in [6, 6.07) is 23.2. The van der Waals surface area contributed by atoms with Crippen LogP contribution in [0.5, 0.6) is 5.75 Å². The summed E-state index contributed by atoms with van der Waals surface area (Å²) < 4.78 is 0. The van der Waals surface area contributed by atoms with E-state index in [-0.39, 0.29) is 29.6 Å². The lowest BCUT2D eigenvalue weighted by molar-refractivity contribution is 0.0699. The number of rotatable bonds is 9. The number of amides is 1. The summed E-state index contributed by atoms with van der Waals surface area (Å²) in [5, 5.41) is 22.6. The van der Waals surface area contributed by atoms with Crippen LogP contribution in [0.2, 0.25) is 0 Å². The fourth-order valence-electron chi connectivity index (χ4n) is 4.02. The van der Waals surface area contributed by atoms with Gasteiger partial charge in [-0.25, -0.2) is 9.78 Å². The first-order chi connectivity index (χ1) is 16.9. The van der Waals surface area contributed by atoms with E-state index in [1.165, 1.54) is 11.6 Å². The predicted octanol–water partition coefficient (Wildman–Crippen LogP) is 3.72. The van der Waals surface area contributed by atoms with E-state index in [2.05, 4.69) is 22.4 Å². The molecule has 4 rings (SSSR count). The lowest BCUT2D eigenvalue weighted by Crippen LogP contribution is -2.42. The van der Waals surface area contributed by atoms with Crippen molar-refractivity contribution in [1.29, 1.82) is 0 Å². The van der Waals surface area contributed by atoms with Gasteiger partial charge in [-0.1, -0.05) is 48.5 Å². The van der Waals surface area contributed by atoms with E-state index in [0.29, 0.717) is 17.3 Å². The average molecular weight is 470 g/mol. The lowest BCUT2D eigenvalue weighted by Gasteiger charge is -2.17. The van der Waals surface area contributed by atoms with Crippen molar-refractivity contribution in [2.45, 2.75) is 25.3 Å². The average Bonchev–Trinajstić information content (AvgIpc) is 2.88. The molecule has 0 saturated carbocycles. The number of aryl methyl sites for hydroxylation is 2. The number of carbonyl (C=O) groups excluding carboxylic acids is 1. The number of phenols is 1. The Morgan fingerprint density at radius 2 is 1.57 bits per heavy atom. The molecule has 1 atom stereocenters. The highest BCUT2D eigenvalue weighted by molar-refractivity contribution is 6.06. The molecule has 4 aromatic rings. The topological polar surface area (TPSA) is 126 Å². The van der Waals surface area contributed by atoms with Crippen LogP contribution >= 0.6 is 0 Å². The van der Waals surface area contributed by atoms with Gasteiger partial charge in [-0.3, -0.25) is 4.79 Å². The number of benzene rings is 3. The summed E-state index contributed by atoms with van der Waals surface area (Å²) >= 11 is 0. The Morgan fingerprint density at radius 3 is 2.26 bits per heavy atom. The van der Waals surface area contributed by atoms with Gasteiger partial charge < -0.3 is 21.3 Å². The number of carboxylic acids is 1. The second kappa shape index (κ2) is 10.8. The van der Waals surface area contributed by atoms with Gasteiger partial charge in [0.1, 0.15) is 11.4 Å². The third-order valence-corrected chi connectivity index (χ3v) is 5.92. The summed E-state index contributed by atoms with van der Waals surface area (Å²) in [7, 11) is 0. The van der Waals surface area contributed by atoms with Gasteiger partial charge in [0.05, 0.1) is 11.1 Å². The Kier molecular flexibility index (Phi) is 7.38. The van der Waals surface area contributed by atoms with Gasteiger partial charge in [-0.05, 0) is 66.3 Å². The van der Waals surface area contributed by atoms with E-state index < -0.39 is 11.9 Å². The number of nitrogens with two attached hydrogens (primary N) is 1. The SMILES string of the molecule is NC[C@H](Cc1ccc(O)cc1)NC(=O)c1cc(C(=O)O)c2cc(CCc3ccccc3)ccc2n1. The molecule has 5 N–H and O–H groups in total. The van der Waals surface area contributed by atoms with Crippen LogP contribution in [0.25, 0.3) is 10.9 Å². The number of phenolic OH excluding ortho intramolecular Hbond substituents is 1. The van der Waals surface area contributed by atoms with Crippen molar-refractivity contribution < 1.29 is 19.8 Å². The van der Waals surface area contributed by atoms with Crippen LogP contribution in [0.3, 0.4) is 0 Å². The smallest absolute Gasteiger partial charge is 0.336 e. The summed E-state index contributed by atoms with van der Waals surface area (Å²) in [6.45, 7) is 0.191. The van der Waals surface area contributed by atoms with E-state index in [4.69, 9.17) is 5.73 Å². The number of hydrogen-bond acceptors (Lipinski definition) is 5. The fourth-order valence-corrected chi connectivity index (χ4v) is 4.02. The highest BCUT2D eigenvalue weighted by atomic mass is 16.4. The van der Waals surface area contributed by atoms with E-state index in [9.17, 15) is 19.8 Å². The summed E-state index contributed by atoms with van der Waals surface area (Å²) in [6.07, 6.45) is 2.06. The quantitative estimate of drug-likeness (QED) is 0.296. The van der Waals surface area contributed by atoms with E-state index in [1.807, 2.05) is 30.3 Å². The zero-order valence-electron chi connectivity index (χ0n) is 19.1. The van der Waals surface area contributed by atoms with Crippen LogP contribution < -0.4 is 11.1 Å². The molecule has 178 valence electrons. The Morgan fingerprint density at radius 1 is 0.886 bits per heavy atom. The molecule has 1 aromatic heterocycles. The highest BCUT2D eigenvalue weighted by Gasteiger charge is 2.19. The number of nitrogens with zero attached hydrogens (tertiary/aromatic N) is 1. The molecule has 7 nitrogen and oxygen atoms in total. The second-order valence-corrected chi connectivity index (χ2v) is 8.47. The van der Waals surface area contributed by atoms with E-state index >= 15 is 0 Å². The van der Waals surface area contributed by atoms with Crippen molar-refractivity contribution in [3.63, 3.8) is 0 Å². The molecule has 0 radical (unpaired) electrons. The number of aromatic hydroxyl groups is 1. The first-order valence-corrected chi connectivity index (χ1v) is 11.4. The molecular weight excluding hydrogens is 442 g/mol. The molecule has 0 aliphatic rings. The molecule has 3 aromatic carbocycles. The zero-order valence-corrected chi connectivity index (χ0v) is 19.1. The van der Waals surface area contributed by atoms with Crippen molar-refractivity contribution in [3.8, 4) is 5.75 Å². The number of carbonyl (C=O) groups is 2. The maximum Gasteiger partial charge on any atom is 0.336 e. The molecule has 1 amide bonds. The Labute approximate surface area is 203 Å². The number of nitrogens with one attached hydrogen (secondary N) is 1. The number of pyridine rings is 1. The molecule has 0 aliphatic carbocycles. The van der Waals surface area contributed by atoms with Crippen LogP contribution in [0.1, 0.15) is 37.5 Å². The molecule has 7 heteroatoms. The van der Waals surface area contributed by atoms with Crippen molar-refractivity contribution in [2.75, 3.05) is 6.54 Å². The zero-order chi connectivity index (χ0) is 24.8. The molecule has 0 fully saturated rings. The van der Waals surface area contributed by atoms with Crippen molar-refractivity contribution in [2.24, 2.45) is 5.73 Å². The van der Waals surface area contributed by atoms with Crippen molar-refractivity contribution in [1.82, 2.24) is 10.3 Å². The van der Waals surface area contributed by atoms with Gasteiger partial charge in [-0.15, -0.1) is 0 Å². The summed E-state index contributed by atoms with van der Waals surface area (Å²) in [5.41, 5.74) is 9.46. The van der Waals surface area contributed by atoms with Crippen molar-refractivity contribution in [3.05, 3.63) is 107 Å². The van der Waals surface area contributed by atoms with Crippen molar-refractivity contribution >= 4 is 22.8 Å². The normalized spacial score (nSPS) is 11.8. The van der Waals surface area contributed by atoms with Crippen LogP contribution in [0, 0.1) is 0 Å². The maximum absolute atomic E-state index is 12.9. The Balaban J connectivity index is 1.54. The van der Waals surface area contributed by atoms with Gasteiger partial charge in [0.25, 0.3) is 5.91 Å². The van der Waals surface area contributed by atoms with E-state index in [0.717, 1.165) is 24.0 Å². The van der Waals surface area contributed by atoms with Gasteiger partial charge >= 0.3 is 5.97 Å². The number of fused-ring (bicyclic) bond motifs is 1. The minimum absolute atomic E-state index is 0.0242.